The van der Waals surface area contributed by atoms with Crippen molar-refractivity contribution in [3.63, 3.8) is 0 Å². The van der Waals surface area contributed by atoms with Crippen LogP contribution in [0.2, 0.25) is 0 Å². The second-order valence-electron chi connectivity index (χ2n) is 5.43. The monoisotopic (exact) mass is 293 g/mol. The van der Waals surface area contributed by atoms with Crippen molar-refractivity contribution in [2.45, 2.75) is 25.1 Å². The SMILES string of the molecule is CC1(N)C=CC(n2c(C(F)(F)F)nc3ccccc32)=CC1. The Hall–Kier alpha value is -2.08. The van der Waals surface area contributed by atoms with E-state index in [0.29, 0.717) is 23.2 Å². The van der Waals surface area contributed by atoms with Gasteiger partial charge in [0.05, 0.1) is 11.0 Å². The Morgan fingerprint density at radius 2 is 2.00 bits per heavy atom. The molecule has 1 aromatic heterocycles. The van der Waals surface area contributed by atoms with Crippen LogP contribution in [-0.2, 0) is 6.18 Å². The molecule has 0 spiro atoms. The first-order valence-electron chi connectivity index (χ1n) is 6.51. The normalized spacial score (nSPS) is 22.6. The fourth-order valence-electron chi connectivity index (χ4n) is 2.38. The molecule has 0 amide bonds. The van der Waals surface area contributed by atoms with Crippen molar-refractivity contribution in [3.05, 3.63) is 48.3 Å². The lowest BCUT2D eigenvalue weighted by atomic mass is 9.94. The summed E-state index contributed by atoms with van der Waals surface area (Å²) in [5.74, 6) is -0.916. The number of nitrogens with zero attached hydrogens (tertiary/aromatic N) is 2. The molecular formula is C15H14F3N3. The molecule has 6 heteroatoms. The number of fused-ring (bicyclic) bond motifs is 1. The lowest BCUT2D eigenvalue weighted by Crippen LogP contribution is -2.34. The van der Waals surface area contributed by atoms with E-state index in [1.165, 1.54) is 0 Å². The van der Waals surface area contributed by atoms with Gasteiger partial charge in [0.15, 0.2) is 0 Å². The summed E-state index contributed by atoms with van der Waals surface area (Å²) in [7, 11) is 0. The zero-order valence-electron chi connectivity index (χ0n) is 11.4. The second-order valence-corrected chi connectivity index (χ2v) is 5.43. The van der Waals surface area contributed by atoms with E-state index in [1.54, 1.807) is 42.5 Å². The predicted molar refractivity (Wildman–Crippen MR) is 75.4 cm³/mol. The third-order valence-electron chi connectivity index (χ3n) is 3.46. The molecule has 0 saturated heterocycles. The first-order chi connectivity index (χ1) is 9.78. The first kappa shape index (κ1) is 13.9. The summed E-state index contributed by atoms with van der Waals surface area (Å²) in [5.41, 5.74) is 6.62. The Labute approximate surface area is 119 Å². The molecule has 2 N–H and O–H groups in total. The predicted octanol–water partition coefficient (Wildman–Crippen LogP) is 3.57. The quantitative estimate of drug-likeness (QED) is 0.873. The molecule has 1 aromatic carbocycles. The average molecular weight is 293 g/mol. The first-order valence-corrected chi connectivity index (χ1v) is 6.51. The van der Waals surface area contributed by atoms with Gasteiger partial charge in [-0.05, 0) is 31.6 Å². The van der Waals surface area contributed by atoms with Crippen LogP contribution < -0.4 is 5.73 Å². The number of benzene rings is 1. The number of hydrogen-bond acceptors (Lipinski definition) is 2. The van der Waals surface area contributed by atoms with Crippen molar-refractivity contribution < 1.29 is 13.2 Å². The van der Waals surface area contributed by atoms with Crippen LogP contribution in [0.4, 0.5) is 13.2 Å². The van der Waals surface area contributed by atoms with Gasteiger partial charge in [-0.25, -0.2) is 4.98 Å². The van der Waals surface area contributed by atoms with Crippen molar-refractivity contribution in [1.82, 2.24) is 9.55 Å². The molecule has 3 nitrogen and oxygen atoms in total. The van der Waals surface area contributed by atoms with E-state index >= 15 is 0 Å². The number of hydrogen-bond donors (Lipinski definition) is 1. The number of allylic oxidation sites excluding steroid dienone is 2. The van der Waals surface area contributed by atoms with E-state index < -0.39 is 17.5 Å². The lowest BCUT2D eigenvalue weighted by molar-refractivity contribution is -0.145. The van der Waals surface area contributed by atoms with Crippen LogP contribution in [0.25, 0.3) is 16.7 Å². The summed E-state index contributed by atoms with van der Waals surface area (Å²) < 4.78 is 40.8. The van der Waals surface area contributed by atoms with Gasteiger partial charge in [0.2, 0.25) is 5.82 Å². The Kier molecular flexibility index (Phi) is 2.95. The number of aromatic nitrogens is 2. The molecule has 1 aliphatic rings. The minimum absolute atomic E-state index is 0.320. The molecule has 0 bridgehead atoms. The Bertz CT molecular complexity index is 751. The van der Waals surface area contributed by atoms with E-state index in [2.05, 4.69) is 4.98 Å². The van der Waals surface area contributed by atoms with E-state index in [0.717, 1.165) is 4.57 Å². The van der Waals surface area contributed by atoms with Gasteiger partial charge in [-0.3, -0.25) is 4.57 Å². The van der Waals surface area contributed by atoms with Gasteiger partial charge in [0.25, 0.3) is 0 Å². The summed E-state index contributed by atoms with van der Waals surface area (Å²) in [5, 5.41) is 0. The topological polar surface area (TPSA) is 43.8 Å². The van der Waals surface area contributed by atoms with Crippen LogP contribution in [0.5, 0.6) is 0 Å². The van der Waals surface area contributed by atoms with Gasteiger partial charge < -0.3 is 5.73 Å². The van der Waals surface area contributed by atoms with E-state index in [4.69, 9.17) is 5.73 Å². The standard InChI is InChI=1S/C15H14F3N3/c1-14(19)8-6-10(7-9-14)21-12-5-3-2-4-11(12)20-13(21)15(16,17)18/h2-8H,9,19H2,1H3. The molecule has 2 aromatic rings. The van der Waals surface area contributed by atoms with Crippen molar-refractivity contribution in [1.29, 1.82) is 0 Å². The minimum Gasteiger partial charge on any atom is -0.322 e. The molecule has 0 radical (unpaired) electrons. The summed E-state index contributed by atoms with van der Waals surface area (Å²) in [4.78, 5) is 3.73. The van der Waals surface area contributed by atoms with E-state index in [1.807, 2.05) is 6.92 Å². The van der Waals surface area contributed by atoms with Gasteiger partial charge in [0.1, 0.15) is 0 Å². The molecule has 21 heavy (non-hydrogen) atoms. The molecule has 110 valence electrons. The maximum absolute atomic E-state index is 13.2. The molecule has 0 fully saturated rings. The molecule has 0 saturated carbocycles. The fraction of sp³-hybridized carbons (Fsp3) is 0.267. The number of halogens is 3. The van der Waals surface area contributed by atoms with Crippen LogP contribution in [-0.4, -0.2) is 15.1 Å². The van der Waals surface area contributed by atoms with E-state index in [-0.39, 0.29) is 0 Å². The van der Waals surface area contributed by atoms with Crippen LogP contribution in [0.15, 0.2) is 42.5 Å². The van der Waals surface area contributed by atoms with Gasteiger partial charge in [-0.1, -0.05) is 24.3 Å². The summed E-state index contributed by atoms with van der Waals surface area (Å²) in [6.07, 6.45) is 1.01. The molecular weight excluding hydrogens is 279 g/mol. The number of rotatable bonds is 1. The lowest BCUT2D eigenvalue weighted by Gasteiger charge is -2.24. The second kappa shape index (κ2) is 4.46. The average Bonchev–Trinajstić information content (AvgIpc) is 2.78. The summed E-state index contributed by atoms with van der Waals surface area (Å²) in [6.45, 7) is 1.83. The van der Waals surface area contributed by atoms with Crippen LogP contribution >= 0.6 is 0 Å². The van der Waals surface area contributed by atoms with Crippen molar-refractivity contribution in [2.75, 3.05) is 0 Å². The van der Waals surface area contributed by atoms with Crippen molar-refractivity contribution in [3.8, 4) is 0 Å². The van der Waals surface area contributed by atoms with E-state index in [9.17, 15) is 13.2 Å². The maximum atomic E-state index is 13.2. The number of nitrogens with two attached hydrogens (primary N) is 1. The van der Waals surface area contributed by atoms with Gasteiger partial charge in [0, 0.05) is 11.2 Å². The molecule has 3 rings (SSSR count). The molecule has 1 atom stereocenters. The fourth-order valence-corrected chi connectivity index (χ4v) is 2.38. The molecule has 1 aliphatic carbocycles. The molecule has 1 heterocycles. The maximum Gasteiger partial charge on any atom is 0.450 e. The van der Waals surface area contributed by atoms with Crippen LogP contribution in [0, 0.1) is 0 Å². The summed E-state index contributed by atoms with van der Waals surface area (Å²) >= 11 is 0. The zero-order chi connectivity index (χ0) is 15.3. The number of alkyl halides is 3. The van der Waals surface area contributed by atoms with Crippen LogP contribution in [0.1, 0.15) is 19.2 Å². The van der Waals surface area contributed by atoms with Gasteiger partial charge in [-0.2, -0.15) is 13.2 Å². The highest BCUT2D eigenvalue weighted by Crippen LogP contribution is 2.35. The van der Waals surface area contributed by atoms with Crippen LogP contribution in [0.3, 0.4) is 0 Å². The van der Waals surface area contributed by atoms with Gasteiger partial charge >= 0.3 is 6.18 Å². The molecule has 0 aliphatic heterocycles. The highest BCUT2D eigenvalue weighted by Gasteiger charge is 2.38. The molecule has 1 unspecified atom stereocenters. The van der Waals surface area contributed by atoms with Gasteiger partial charge in [-0.15, -0.1) is 0 Å². The zero-order valence-corrected chi connectivity index (χ0v) is 11.4. The Balaban J connectivity index is 2.22. The third-order valence-corrected chi connectivity index (χ3v) is 3.46. The van der Waals surface area contributed by atoms with Crippen molar-refractivity contribution in [2.24, 2.45) is 5.73 Å². The highest BCUT2D eigenvalue weighted by molar-refractivity contribution is 5.82. The number of imidazole rings is 1. The summed E-state index contributed by atoms with van der Waals surface area (Å²) in [6, 6.07) is 6.56. The third kappa shape index (κ3) is 2.47. The Morgan fingerprint density at radius 1 is 1.29 bits per heavy atom. The largest absolute Gasteiger partial charge is 0.450 e. The number of para-hydroxylation sites is 2. The Morgan fingerprint density at radius 3 is 2.62 bits per heavy atom. The smallest absolute Gasteiger partial charge is 0.322 e. The highest BCUT2D eigenvalue weighted by atomic mass is 19.4. The van der Waals surface area contributed by atoms with Crippen molar-refractivity contribution >= 4 is 16.7 Å². The minimum atomic E-state index is -4.52.